The van der Waals surface area contributed by atoms with Crippen LogP contribution in [0.4, 0.5) is 0 Å². The molecule has 0 bridgehead atoms. The third-order valence-corrected chi connectivity index (χ3v) is 5.45. The molecule has 1 amide bonds. The highest BCUT2D eigenvalue weighted by molar-refractivity contribution is 8.26. The zero-order valence-corrected chi connectivity index (χ0v) is 15.7. The van der Waals surface area contributed by atoms with E-state index in [4.69, 9.17) is 35.4 Å². The standard InChI is InChI=1S/C16H15Cl2NO3S2/c17-11-5-4-6-12(18)10(11)9-13-15(22)19(16(23)24-13)8-3-1-2-7-14(20)21/h4-6,9H,1-3,7-8H2,(H,20,21)/p-1/b13-9-. The first-order valence-corrected chi connectivity index (χ1v) is 9.27. The molecule has 4 nitrogen and oxygen atoms in total. The summed E-state index contributed by atoms with van der Waals surface area (Å²) >= 11 is 18.7. The van der Waals surface area contributed by atoms with Crippen LogP contribution in [0.3, 0.4) is 0 Å². The molecule has 0 radical (unpaired) electrons. The van der Waals surface area contributed by atoms with Gasteiger partial charge in [-0.25, -0.2) is 0 Å². The summed E-state index contributed by atoms with van der Waals surface area (Å²) in [5.41, 5.74) is 0.593. The summed E-state index contributed by atoms with van der Waals surface area (Å²) in [5, 5.41) is 11.3. The van der Waals surface area contributed by atoms with Crippen molar-refractivity contribution in [1.82, 2.24) is 4.90 Å². The SMILES string of the molecule is O=C([O-])CCCCCN1C(=O)/C(=C/c2c(Cl)cccc2Cl)SC1=S. The molecule has 8 heteroatoms. The Hall–Kier alpha value is -1.08. The molecule has 1 saturated heterocycles. The van der Waals surface area contributed by atoms with Crippen LogP contribution >= 0.6 is 47.2 Å². The van der Waals surface area contributed by atoms with Crippen molar-refractivity contribution in [1.29, 1.82) is 0 Å². The Morgan fingerprint density at radius 1 is 1.25 bits per heavy atom. The second kappa shape index (κ2) is 8.85. The van der Waals surface area contributed by atoms with E-state index in [2.05, 4.69) is 0 Å². The summed E-state index contributed by atoms with van der Waals surface area (Å²) in [6.07, 6.45) is 3.59. The number of hydrogen-bond acceptors (Lipinski definition) is 5. The van der Waals surface area contributed by atoms with Crippen LogP contribution in [-0.4, -0.2) is 27.6 Å². The van der Waals surface area contributed by atoms with E-state index in [0.717, 1.165) is 0 Å². The second-order valence-electron chi connectivity index (χ2n) is 5.15. The van der Waals surface area contributed by atoms with Crippen LogP contribution in [0, 0.1) is 0 Å². The number of carbonyl (C=O) groups excluding carboxylic acids is 2. The van der Waals surface area contributed by atoms with Gasteiger partial charge in [0.1, 0.15) is 4.32 Å². The third kappa shape index (κ3) is 4.96. The smallest absolute Gasteiger partial charge is 0.266 e. The van der Waals surface area contributed by atoms with E-state index < -0.39 is 5.97 Å². The summed E-state index contributed by atoms with van der Waals surface area (Å²) < 4.78 is 0.481. The van der Waals surface area contributed by atoms with Crippen LogP contribution < -0.4 is 5.11 Å². The van der Waals surface area contributed by atoms with Gasteiger partial charge < -0.3 is 9.90 Å². The summed E-state index contributed by atoms with van der Waals surface area (Å²) in [5.74, 6) is -1.24. The molecule has 1 aliphatic rings. The van der Waals surface area contributed by atoms with Crippen LogP contribution in [0.25, 0.3) is 6.08 Å². The van der Waals surface area contributed by atoms with Crippen LogP contribution in [-0.2, 0) is 9.59 Å². The molecule has 1 fully saturated rings. The zero-order valence-electron chi connectivity index (χ0n) is 12.6. The number of carboxylic acids is 1. The highest BCUT2D eigenvalue weighted by Gasteiger charge is 2.31. The van der Waals surface area contributed by atoms with E-state index in [1.54, 1.807) is 24.3 Å². The Morgan fingerprint density at radius 2 is 1.92 bits per heavy atom. The molecular weight excluding hydrogens is 389 g/mol. The van der Waals surface area contributed by atoms with Gasteiger partial charge in [0, 0.05) is 28.1 Å². The molecule has 0 aliphatic carbocycles. The van der Waals surface area contributed by atoms with Crippen LogP contribution in [0.2, 0.25) is 10.0 Å². The van der Waals surface area contributed by atoms with E-state index in [0.29, 0.717) is 50.6 Å². The van der Waals surface area contributed by atoms with E-state index in [-0.39, 0.29) is 12.3 Å². The molecule has 2 rings (SSSR count). The third-order valence-electron chi connectivity index (χ3n) is 3.41. The molecular formula is C16H14Cl2NO3S2-. The second-order valence-corrected chi connectivity index (χ2v) is 7.64. The average molecular weight is 403 g/mol. The zero-order chi connectivity index (χ0) is 17.7. The number of carboxylic acid groups (broad SMARTS) is 1. The lowest BCUT2D eigenvalue weighted by Crippen LogP contribution is -2.29. The monoisotopic (exact) mass is 402 g/mol. The summed E-state index contributed by atoms with van der Waals surface area (Å²) in [7, 11) is 0. The van der Waals surface area contributed by atoms with Gasteiger partial charge in [-0.2, -0.15) is 0 Å². The quantitative estimate of drug-likeness (QED) is 0.396. The molecule has 0 saturated carbocycles. The number of thiocarbonyl (C=S) groups is 1. The number of amides is 1. The van der Waals surface area contributed by atoms with Crippen LogP contribution in [0.5, 0.6) is 0 Å². The molecule has 1 aromatic carbocycles. The Kier molecular flexibility index (Phi) is 7.10. The molecule has 1 heterocycles. The van der Waals surface area contributed by atoms with Gasteiger partial charge in [-0.3, -0.25) is 9.69 Å². The van der Waals surface area contributed by atoms with Gasteiger partial charge in [-0.15, -0.1) is 0 Å². The van der Waals surface area contributed by atoms with Gasteiger partial charge >= 0.3 is 0 Å². The largest absolute Gasteiger partial charge is 0.550 e. The van der Waals surface area contributed by atoms with Crippen molar-refractivity contribution in [2.24, 2.45) is 0 Å². The minimum atomic E-state index is -1.06. The molecule has 0 spiro atoms. The fourth-order valence-corrected chi connectivity index (χ4v) is 3.99. The van der Waals surface area contributed by atoms with E-state index in [9.17, 15) is 14.7 Å². The molecule has 0 unspecified atom stereocenters. The summed E-state index contributed by atoms with van der Waals surface area (Å²) in [6.45, 7) is 0.464. The highest BCUT2D eigenvalue weighted by atomic mass is 35.5. The van der Waals surface area contributed by atoms with Crippen molar-refractivity contribution in [3.8, 4) is 0 Å². The first-order chi connectivity index (χ1) is 11.4. The minimum absolute atomic E-state index is 0.0311. The fraction of sp³-hybridized carbons (Fsp3) is 0.312. The van der Waals surface area contributed by atoms with Gasteiger partial charge in [0.05, 0.1) is 4.91 Å². The molecule has 0 N–H and O–H groups in total. The Morgan fingerprint density at radius 3 is 2.54 bits per heavy atom. The summed E-state index contributed by atoms with van der Waals surface area (Å²) in [6, 6.07) is 5.15. The lowest BCUT2D eigenvalue weighted by molar-refractivity contribution is -0.305. The average Bonchev–Trinajstić information content (AvgIpc) is 2.77. The lowest BCUT2D eigenvalue weighted by atomic mass is 10.2. The number of rotatable bonds is 7. The molecule has 24 heavy (non-hydrogen) atoms. The predicted octanol–water partition coefficient (Wildman–Crippen LogP) is 3.50. The number of nitrogens with zero attached hydrogens (tertiary/aromatic N) is 1. The molecule has 0 aromatic heterocycles. The predicted molar refractivity (Wildman–Crippen MR) is 99.8 cm³/mol. The molecule has 1 aromatic rings. The maximum Gasteiger partial charge on any atom is 0.266 e. The Labute approximate surface area is 159 Å². The topological polar surface area (TPSA) is 60.4 Å². The van der Waals surface area contributed by atoms with Gasteiger partial charge in [0.25, 0.3) is 5.91 Å². The van der Waals surface area contributed by atoms with Gasteiger partial charge in [-0.05, 0) is 37.5 Å². The lowest BCUT2D eigenvalue weighted by Gasteiger charge is -2.14. The van der Waals surface area contributed by atoms with Gasteiger partial charge in [0.2, 0.25) is 0 Å². The number of halogens is 2. The first kappa shape index (κ1) is 19.2. The number of hydrogen-bond donors (Lipinski definition) is 0. The van der Waals surface area contributed by atoms with E-state index in [1.807, 2.05) is 0 Å². The molecule has 0 atom stereocenters. The van der Waals surface area contributed by atoms with Crippen LogP contribution in [0.15, 0.2) is 23.1 Å². The maximum atomic E-state index is 12.5. The number of thioether (sulfide) groups is 1. The maximum absolute atomic E-state index is 12.5. The number of carbonyl (C=O) groups is 2. The van der Waals surface area contributed by atoms with E-state index in [1.165, 1.54) is 16.7 Å². The summed E-state index contributed by atoms with van der Waals surface area (Å²) in [4.78, 5) is 24.8. The number of unbranched alkanes of at least 4 members (excludes halogenated alkanes) is 2. The minimum Gasteiger partial charge on any atom is -0.550 e. The van der Waals surface area contributed by atoms with Crippen molar-refractivity contribution >= 4 is 69.5 Å². The van der Waals surface area contributed by atoms with Crippen molar-refractivity contribution in [3.05, 3.63) is 38.7 Å². The van der Waals surface area contributed by atoms with Crippen molar-refractivity contribution < 1.29 is 14.7 Å². The normalized spacial score (nSPS) is 16.2. The molecule has 128 valence electrons. The number of benzene rings is 1. The Balaban J connectivity index is 2.01. The number of aliphatic carboxylic acids is 1. The van der Waals surface area contributed by atoms with Crippen LogP contribution in [0.1, 0.15) is 31.2 Å². The first-order valence-electron chi connectivity index (χ1n) is 7.29. The van der Waals surface area contributed by atoms with Gasteiger partial charge in [-0.1, -0.05) is 59.7 Å². The highest BCUT2D eigenvalue weighted by Crippen LogP contribution is 2.35. The molecule has 1 aliphatic heterocycles. The van der Waals surface area contributed by atoms with Crippen molar-refractivity contribution in [2.75, 3.05) is 6.54 Å². The van der Waals surface area contributed by atoms with Crippen molar-refractivity contribution in [2.45, 2.75) is 25.7 Å². The van der Waals surface area contributed by atoms with E-state index >= 15 is 0 Å². The van der Waals surface area contributed by atoms with Crippen molar-refractivity contribution in [3.63, 3.8) is 0 Å². The fourth-order valence-electron chi connectivity index (χ4n) is 2.19. The van der Waals surface area contributed by atoms with Gasteiger partial charge in [0.15, 0.2) is 0 Å². The Bertz CT molecular complexity index is 686.